The van der Waals surface area contributed by atoms with E-state index < -0.39 is 28.0 Å². The SMILES string of the molecule is O=c1c(C(F)F)c[nH]c(CCl)c1[N+](=O)[O-]. The molecule has 0 saturated heterocycles. The van der Waals surface area contributed by atoms with Crippen LogP contribution in [-0.4, -0.2) is 9.91 Å². The van der Waals surface area contributed by atoms with Gasteiger partial charge in [-0.25, -0.2) is 8.78 Å². The first-order valence-electron chi connectivity index (χ1n) is 3.72. The first kappa shape index (κ1) is 11.6. The Morgan fingerprint density at radius 2 is 2.20 bits per heavy atom. The third kappa shape index (κ3) is 2.12. The summed E-state index contributed by atoms with van der Waals surface area (Å²) in [5, 5.41) is 10.5. The highest BCUT2D eigenvalue weighted by molar-refractivity contribution is 6.17. The van der Waals surface area contributed by atoms with Gasteiger partial charge in [-0.15, -0.1) is 11.6 Å². The molecular formula is C7H5ClF2N2O3. The smallest absolute Gasteiger partial charge is 0.337 e. The molecule has 0 amide bonds. The maximum Gasteiger partial charge on any atom is 0.337 e. The quantitative estimate of drug-likeness (QED) is 0.497. The molecule has 82 valence electrons. The third-order valence-electron chi connectivity index (χ3n) is 1.72. The van der Waals surface area contributed by atoms with Gasteiger partial charge < -0.3 is 4.98 Å². The van der Waals surface area contributed by atoms with Crippen molar-refractivity contribution in [3.8, 4) is 0 Å². The van der Waals surface area contributed by atoms with Crippen molar-refractivity contribution in [2.75, 3.05) is 0 Å². The van der Waals surface area contributed by atoms with Crippen LogP contribution in [-0.2, 0) is 5.88 Å². The highest BCUT2D eigenvalue weighted by Crippen LogP contribution is 2.19. The summed E-state index contributed by atoms with van der Waals surface area (Å²) in [7, 11) is 0. The lowest BCUT2D eigenvalue weighted by Gasteiger charge is -2.01. The Labute approximate surface area is 86.8 Å². The summed E-state index contributed by atoms with van der Waals surface area (Å²) < 4.78 is 24.5. The minimum atomic E-state index is -3.06. The summed E-state index contributed by atoms with van der Waals surface area (Å²) in [6, 6.07) is 0. The molecule has 8 heteroatoms. The summed E-state index contributed by atoms with van der Waals surface area (Å²) in [5.74, 6) is -0.324. The number of nitrogens with one attached hydrogen (secondary N) is 1. The van der Waals surface area contributed by atoms with Crippen LogP contribution >= 0.6 is 11.6 Å². The van der Waals surface area contributed by atoms with Crippen LogP contribution in [0, 0.1) is 10.1 Å². The van der Waals surface area contributed by atoms with Crippen molar-refractivity contribution in [2.45, 2.75) is 12.3 Å². The molecule has 0 radical (unpaired) electrons. The molecule has 0 aliphatic rings. The maximum atomic E-state index is 12.2. The van der Waals surface area contributed by atoms with E-state index in [1.54, 1.807) is 0 Å². The number of aromatic nitrogens is 1. The number of pyridine rings is 1. The van der Waals surface area contributed by atoms with Crippen LogP contribution in [0.4, 0.5) is 14.5 Å². The summed E-state index contributed by atoms with van der Waals surface area (Å²) in [6.07, 6.45) is -2.32. The molecule has 1 N–H and O–H groups in total. The van der Waals surface area contributed by atoms with Crippen molar-refractivity contribution in [2.24, 2.45) is 0 Å². The fourth-order valence-corrected chi connectivity index (χ4v) is 1.23. The number of alkyl halides is 3. The number of aromatic amines is 1. The zero-order chi connectivity index (χ0) is 11.6. The zero-order valence-electron chi connectivity index (χ0n) is 7.17. The van der Waals surface area contributed by atoms with Crippen LogP contribution in [0.5, 0.6) is 0 Å². The van der Waals surface area contributed by atoms with Crippen molar-refractivity contribution in [1.82, 2.24) is 4.98 Å². The van der Waals surface area contributed by atoms with Crippen molar-refractivity contribution in [3.63, 3.8) is 0 Å². The van der Waals surface area contributed by atoms with Gasteiger partial charge in [0.2, 0.25) is 0 Å². The number of H-pyrrole nitrogens is 1. The van der Waals surface area contributed by atoms with E-state index in [9.17, 15) is 23.7 Å². The minimum absolute atomic E-state index is 0.184. The molecule has 0 fully saturated rings. The number of halogens is 3. The Kier molecular flexibility index (Phi) is 3.35. The average molecular weight is 239 g/mol. The molecule has 5 nitrogen and oxygen atoms in total. The van der Waals surface area contributed by atoms with E-state index >= 15 is 0 Å². The highest BCUT2D eigenvalue weighted by Gasteiger charge is 2.25. The Morgan fingerprint density at radius 3 is 2.60 bits per heavy atom. The molecule has 0 aromatic carbocycles. The van der Waals surface area contributed by atoms with Gasteiger partial charge >= 0.3 is 5.69 Å². The second-order valence-corrected chi connectivity index (χ2v) is 2.86. The monoisotopic (exact) mass is 238 g/mol. The van der Waals surface area contributed by atoms with Gasteiger partial charge in [0.25, 0.3) is 11.9 Å². The van der Waals surface area contributed by atoms with Gasteiger partial charge in [0.05, 0.1) is 16.4 Å². The van der Waals surface area contributed by atoms with E-state index in [4.69, 9.17) is 11.6 Å². The fourth-order valence-electron chi connectivity index (χ4n) is 1.03. The van der Waals surface area contributed by atoms with Gasteiger partial charge in [-0.05, 0) is 0 Å². The molecule has 0 saturated carbocycles. The van der Waals surface area contributed by atoms with Crippen LogP contribution in [0.15, 0.2) is 11.0 Å². The Bertz CT molecular complexity index is 446. The lowest BCUT2D eigenvalue weighted by atomic mass is 10.2. The topological polar surface area (TPSA) is 76.0 Å². The Hall–Kier alpha value is -1.50. The van der Waals surface area contributed by atoms with Crippen LogP contribution in [0.3, 0.4) is 0 Å². The standard InChI is InChI=1S/C7H5ClF2N2O3/c8-1-4-5(12(14)15)6(13)3(2-11-4)7(9)10/h2,7H,1H2,(H,11,13). The van der Waals surface area contributed by atoms with E-state index in [1.807, 2.05) is 0 Å². The van der Waals surface area contributed by atoms with Crippen molar-refractivity contribution in [3.05, 3.63) is 37.8 Å². The molecule has 0 spiro atoms. The Balaban J connectivity index is 3.50. The van der Waals surface area contributed by atoms with Gasteiger partial charge in [0.15, 0.2) is 0 Å². The van der Waals surface area contributed by atoms with E-state index in [2.05, 4.69) is 4.98 Å². The van der Waals surface area contributed by atoms with Crippen LogP contribution < -0.4 is 5.43 Å². The van der Waals surface area contributed by atoms with Gasteiger partial charge in [-0.1, -0.05) is 0 Å². The van der Waals surface area contributed by atoms with Crippen molar-refractivity contribution in [1.29, 1.82) is 0 Å². The van der Waals surface area contributed by atoms with E-state index in [1.165, 1.54) is 0 Å². The van der Waals surface area contributed by atoms with E-state index in [0.717, 1.165) is 6.20 Å². The third-order valence-corrected chi connectivity index (χ3v) is 1.98. The van der Waals surface area contributed by atoms with Crippen LogP contribution in [0.1, 0.15) is 17.7 Å². The van der Waals surface area contributed by atoms with E-state index in [-0.39, 0.29) is 11.6 Å². The lowest BCUT2D eigenvalue weighted by molar-refractivity contribution is -0.387. The molecule has 1 aromatic rings. The predicted octanol–water partition coefficient (Wildman–Crippen LogP) is 1.96. The molecule has 0 aliphatic carbocycles. The predicted molar refractivity (Wildman–Crippen MR) is 48.2 cm³/mol. The number of nitrogens with zero attached hydrogens (tertiary/aromatic N) is 1. The number of hydrogen-bond acceptors (Lipinski definition) is 3. The molecule has 1 aromatic heterocycles. The molecular weight excluding hydrogens is 234 g/mol. The molecule has 15 heavy (non-hydrogen) atoms. The van der Waals surface area contributed by atoms with Gasteiger partial charge in [-0.2, -0.15) is 0 Å². The molecule has 1 heterocycles. The van der Waals surface area contributed by atoms with E-state index in [0.29, 0.717) is 0 Å². The van der Waals surface area contributed by atoms with Gasteiger partial charge in [0.1, 0.15) is 5.69 Å². The number of nitro groups is 1. The second kappa shape index (κ2) is 4.35. The summed E-state index contributed by atoms with van der Waals surface area (Å²) in [5.41, 5.74) is -3.35. The van der Waals surface area contributed by atoms with Gasteiger partial charge in [-0.3, -0.25) is 14.9 Å². The van der Waals surface area contributed by atoms with Crippen molar-refractivity contribution >= 4 is 17.3 Å². The molecule has 0 bridgehead atoms. The molecule has 0 aliphatic heterocycles. The summed E-state index contributed by atoms with van der Waals surface area (Å²) in [4.78, 5) is 22.9. The molecule has 0 unspecified atom stereocenters. The Morgan fingerprint density at radius 1 is 1.60 bits per heavy atom. The molecule has 1 rings (SSSR count). The second-order valence-electron chi connectivity index (χ2n) is 2.59. The van der Waals surface area contributed by atoms with Crippen LogP contribution in [0.2, 0.25) is 0 Å². The first-order chi connectivity index (χ1) is 6.99. The maximum absolute atomic E-state index is 12.2. The van der Waals surface area contributed by atoms with Gasteiger partial charge in [0, 0.05) is 6.20 Å². The molecule has 0 atom stereocenters. The fraction of sp³-hybridized carbons (Fsp3) is 0.286. The highest BCUT2D eigenvalue weighted by atomic mass is 35.5. The van der Waals surface area contributed by atoms with Crippen molar-refractivity contribution < 1.29 is 13.7 Å². The summed E-state index contributed by atoms with van der Waals surface area (Å²) in [6.45, 7) is 0. The normalized spacial score (nSPS) is 10.7. The largest absolute Gasteiger partial charge is 0.358 e. The summed E-state index contributed by atoms with van der Waals surface area (Å²) >= 11 is 5.32. The number of rotatable bonds is 3. The number of hydrogen-bond donors (Lipinski definition) is 1. The first-order valence-corrected chi connectivity index (χ1v) is 4.25. The lowest BCUT2D eigenvalue weighted by Crippen LogP contribution is -2.17. The average Bonchev–Trinajstić information content (AvgIpc) is 2.15. The van der Waals surface area contributed by atoms with Crippen LogP contribution in [0.25, 0.3) is 0 Å². The minimum Gasteiger partial charge on any atom is -0.358 e. The zero-order valence-corrected chi connectivity index (χ0v) is 7.92.